The number of phenols is 1. The van der Waals surface area contributed by atoms with Crippen LogP contribution in [0.1, 0.15) is 30.4 Å². The Balaban J connectivity index is 2.41. The van der Waals surface area contributed by atoms with Crippen LogP contribution in [0.2, 0.25) is 0 Å². The lowest BCUT2D eigenvalue weighted by Gasteiger charge is -2.16. The van der Waals surface area contributed by atoms with Crippen molar-refractivity contribution in [1.29, 1.82) is 0 Å². The number of aromatic hydroxyl groups is 1. The second kappa shape index (κ2) is 3.77. The van der Waals surface area contributed by atoms with E-state index in [-0.39, 0.29) is 17.6 Å². The molecule has 2 N–H and O–H groups in total. The standard InChI is InChI=1S/C12H13BrO3/c1-7-4-10(14)8(5-9(7)13)12(2-3-12)6-11(15)16/h4-5,14H,2-3,6H2,1H3,(H,15,16). The van der Waals surface area contributed by atoms with Gasteiger partial charge in [-0.3, -0.25) is 4.79 Å². The van der Waals surface area contributed by atoms with Crippen LogP contribution in [-0.2, 0) is 10.2 Å². The van der Waals surface area contributed by atoms with Crippen LogP contribution in [-0.4, -0.2) is 16.2 Å². The smallest absolute Gasteiger partial charge is 0.304 e. The van der Waals surface area contributed by atoms with Crippen molar-refractivity contribution in [2.24, 2.45) is 0 Å². The first-order valence-electron chi connectivity index (χ1n) is 5.16. The molecular formula is C12H13BrO3. The molecule has 0 unspecified atom stereocenters. The minimum Gasteiger partial charge on any atom is -0.508 e. The number of hydrogen-bond donors (Lipinski definition) is 2. The average Bonchev–Trinajstić information content (AvgIpc) is 2.91. The van der Waals surface area contributed by atoms with Crippen LogP contribution in [0.5, 0.6) is 5.75 Å². The van der Waals surface area contributed by atoms with Crippen molar-refractivity contribution in [2.45, 2.75) is 31.6 Å². The first kappa shape index (κ1) is 11.5. The second-order valence-electron chi connectivity index (χ2n) is 4.47. The molecule has 0 radical (unpaired) electrons. The molecule has 2 rings (SSSR count). The van der Waals surface area contributed by atoms with Crippen LogP contribution in [0.25, 0.3) is 0 Å². The van der Waals surface area contributed by atoms with Crippen LogP contribution >= 0.6 is 15.9 Å². The van der Waals surface area contributed by atoms with Crippen molar-refractivity contribution < 1.29 is 15.0 Å². The van der Waals surface area contributed by atoms with E-state index in [0.717, 1.165) is 28.4 Å². The van der Waals surface area contributed by atoms with Crippen LogP contribution in [0.4, 0.5) is 0 Å². The Labute approximate surface area is 102 Å². The van der Waals surface area contributed by atoms with E-state index in [4.69, 9.17) is 5.11 Å². The second-order valence-corrected chi connectivity index (χ2v) is 5.32. The fraction of sp³-hybridized carbons (Fsp3) is 0.417. The number of halogens is 1. The van der Waals surface area contributed by atoms with E-state index in [9.17, 15) is 9.90 Å². The lowest BCUT2D eigenvalue weighted by Crippen LogP contribution is -2.13. The quantitative estimate of drug-likeness (QED) is 0.897. The van der Waals surface area contributed by atoms with Crippen molar-refractivity contribution in [3.63, 3.8) is 0 Å². The molecular weight excluding hydrogens is 272 g/mol. The summed E-state index contributed by atoms with van der Waals surface area (Å²) in [6.45, 7) is 1.89. The molecule has 0 saturated heterocycles. The maximum Gasteiger partial charge on any atom is 0.304 e. The molecule has 1 aliphatic carbocycles. The third-order valence-corrected chi connectivity index (χ3v) is 4.05. The normalized spacial score (nSPS) is 17.1. The first-order chi connectivity index (χ1) is 7.44. The van der Waals surface area contributed by atoms with Gasteiger partial charge >= 0.3 is 5.97 Å². The number of carboxylic acids is 1. The Bertz CT molecular complexity index is 450. The van der Waals surface area contributed by atoms with Gasteiger partial charge in [-0.15, -0.1) is 0 Å². The van der Waals surface area contributed by atoms with Gasteiger partial charge in [0.05, 0.1) is 6.42 Å². The monoisotopic (exact) mass is 284 g/mol. The molecule has 1 fully saturated rings. The predicted octanol–water partition coefficient (Wildman–Crippen LogP) is 2.97. The van der Waals surface area contributed by atoms with E-state index in [2.05, 4.69) is 15.9 Å². The Hall–Kier alpha value is -1.03. The van der Waals surface area contributed by atoms with Crippen molar-refractivity contribution in [3.05, 3.63) is 27.7 Å². The van der Waals surface area contributed by atoms with Gasteiger partial charge in [-0.2, -0.15) is 0 Å². The van der Waals surface area contributed by atoms with E-state index in [1.165, 1.54) is 0 Å². The number of phenolic OH excluding ortho intramolecular Hbond substituents is 1. The zero-order chi connectivity index (χ0) is 11.9. The Morgan fingerprint density at radius 1 is 1.50 bits per heavy atom. The topological polar surface area (TPSA) is 57.5 Å². The highest BCUT2D eigenvalue weighted by Gasteiger charge is 2.47. The van der Waals surface area contributed by atoms with Crippen molar-refractivity contribution in [2.75, 3.05) is 0 Å². The molecule has 16 heavy (non-hydrogen) atoms. The van der Waals surface area contributed by atoms with E-state index >= 15 is 0 Å². The lowest BCUT2D eigenvalue weighted by molar-refractivity contribution is -0.137. The van der Waals surface area contributed by atoms with Gasteiger partial charge in [0, 0.05) is 15.5 Å². The number of aryl methyl sites for hydroxylation is 1. The van der Waals surface area contributed by atoms with Gasteiger partial charge in [-0.1, -0.05) is 15.9 Å². The van der Waals surface area contributed by atoms with Crippen molar-refractivity contribution >= 4 is 21.9 Å². The van der Waals surface area contributed by atoms with Gasteiger partial charge < -0.3 is 10.2 Å². The molecule has 3 nitrogen and oxygen atoms in total. The third-order valence-electron chi connectivity index (χ3n) is 3.19. The average molecular weight is 285 g/mol. The molecule has 0 aliphatic heterocycles. The van der Waals surface area contributed by atoms with E-state index in [1.54, 1.807) is 6.07 Å². The van der Waals surface area contributed by atoms with E-state index in [1.807, 2.05) is 13.0 Å². The largest absolute Gasteiger partial charge is 0.508 e. The summed E-state index contributed by atoms with van der Waals surface area (Å²) in [7, 11) is 0. The van der Waals surface area contributed by atoms with Crippen molar-refractivity contribution in [1.82, 2.24) is 0 Å². The van der Waals surface area contributed by atoms with Crippen LogP contribution in [0, 0.1) is 6.92 Å². The van der Waals surface area contributed by atoms with Gasteiger partial charge in [0.15, 0.2) is 0 Å². The van der Waals surface area contributed by atoms with Gasteiger partial charge in [0.2, 0.25) is 0 Å². The molecule has 0 bridgehead atoms. The highest BCUT2D eigenvalue weighted by atomic mass is 79.9. The number of hydrogen-bond acceptors (Lipinski definition) is 2. The summed E-state index contributed by atoms with van der Waals surface area (Å²) >= 11 is 3.41. The molecule has 0 aromatic heterocycles. The van der Waals surface area contributed by atoms with Crippen LogP contribution in [0.3, 0.4) is 0 Å². The first-order valence-corrected chi connectivity index (χ1v) is 5.95. The van der Waals surface area contributed by atoms with Gasteiger partial charge in [0.1, 0.15) is 5.75 Å². The summed E-state index contributed by atoms with van der Waals surface area (Å²) in [4.78, 5) is 10.8. The molecule has 1 saturated carbocycles. The highest BCUT2D eigenvalue weighted by Crippen LogP contribution is 2.54. The molecule has 1 aromatic rings. The van der Waals surface area contributed by atoms with E-state index < -0.39 is 5.97 Å². The summed E-state index contributed by atoms with van der Waals surface area (Å²) in [6, 6.07) is 3.53. The molecule has 1 aliphatic rings. The summed E-state index contributed by atoms with van der Waals surface area (Å²) < 4.78 is 0.914. The number of carbonyl (C=O) groups is 1. The van der Waals surface area contributed by atoms with Crippen molar-refractivity contribution in [3.8, 4) is 5.75 Å². The zero-order valence-electron chi connectivity index (χ0n) is 8.96. The fourth-order valence-corrected chi connectivity index (χ4v) is 2.42. The minimum atomic E-state index is -0.811. The number of benzene rings is 1. The molecule has 1 aromatic carbocycles. The summed E-state index contributed by atoms with van der Waals surface area (Å²) in [5, 5.41) is 18.8. The molecule has 0 amide bonds. The third kappa shape index (κ3) is 1.94. The fourth-order valence-electron chi connectivity index (χ4n) is 2.07. The van der Waals surface area contributed by atoms with E-state index in [0.29, 0.717) is 0 Å². The number of carboxylic acid groups (broad SMARTS) is 1. The highest BCUT2D eigenvalue weighted by molar-refractivity contribution is 9.10. The maximum absolute atomic E-state index is 10.8. The predicted molar refractivity (Wildman–Crippen MR) is 63.7 cm³/mol. The maximum atomic E-state index is 10.8. The zero-order valence-corrected chi connectivity index (χ0v) is 10.5. The number of aliphatic carboxylic acids is 1. The molecule has 0 heterocycles. The summed E-state index contributed by atoms with van der Waals surface area (Å²) in [6.07, 6.45) is 1.76. The molecule has 0 spiro atoms. The minimum absolute atomic E-state index is 0.0933. The van der Waals surface area contributed by atoms with Gasteiger partial charge in [0.25, 0.3) is 0 Å². The summed E-state index contributed by atoms with van der Waals surface area (Å²) in [5.74, 6) is -0.604. The Kier molecular flexibility index (Phi) is 2.70. The molecule has 4 heteroatoms. The molecule has 0 atom stereocenters. The summed E-state index contributed by atoms with van der Waals surface area (Å²) in [5.41, 5.74) is 1.37. The lowest BCUT2D eigenvalue weighted by atomic mass is 9.91. The number of rotatable bonds is 3. The van der Waals surface area contributed by atoms with Gasteiger partial charge in [-0.25, -0.2) is 0 Å². The van der Waals surface area contributed by atoms with Crippen LogP contribution < -0.4 is 0 Å². The SMILES string of the molecule is Cc1cc(O)c(C2(CC(=O)O)CC2)cc1Br. The van der Waals surface area contributed by atoms with Crippen LogP contribution in [0.15, 0.2) is 16.6 Å². The Morgan fingerprint density at radius 3 is 2.62 bits per heavy atom. The molecule has 86 valence electrons. The Morgan fingerprint density at radius 2 is 2.12 bits per heavy atom. The van der Waals surface area contributed by atoms with Gasteiger partial charge in [-0.05, 0) is 37.5 Å².